The Labute approximate surface area is 222 Å². The highest BCUT2D eigenvalue weighted by Crippen LogP contribution is 2.41. The van der Waals surface area contributed by atoms with Crippen molar-refractivity contribution in [3.63, 3.8) is 0 Å². The first-order chi connectivity index (χ1) is 18.6. The highest BCUT2D eigenvalue weighted by atomic mass is 16.6. The van der Waals surface area contributed by atoms with E-state index >= 15 is 0 Å². The average Bonchev–Trinajstić information content (AvgIpc) is 3.21. The summed E-state index contributed by atoms with van der Waals surface area (Å²) in [6.45, 7) is 7.78. The summed E-state index contributed by atoms with van der Waals surface area (Å²) in [5.41, 5.74) is 1.20. The van der Waals surface area contributed by atoms with Crippen molar-refractivity contribution in [3.05, 3.63) is 59.2 Å². The lowest BCUT2D eigenvalue weighted by Crippen LogP contribution is -2.38. The summed E-state index contributed by atoms with van der Waals surface area (Å²) in [7, 11) is 0. The van der Waals surface area contributed by atoms with Gasteiger partial charge in [-0.1, -0.05) is 19.1 Å². The Morgan fingerprint density at radius 1 is 0.974 bits per heavy atom. The molecule has 0 unspecified atom stereocenters. The highest BCUT2D eigenvalue weighted by Gasteiger charge is 2.46. The van der Waals surface area contributed by atoms with Crippen LogP contribution in [0.1, 0.15) is 36.9 Å². The molecule has 9 heteroatoms. The Morgan fingerprint density at radius 2 is 1.71 bits per heavy atom. The molecule has 0 radical (unpaired) electrons. The normalized spacial score (nSPS) is 21.1. The number of hydrogen-bond acceptors (Lipinski definition) is 8. The molecule has 2 aromatic rings. The van der Waals surface area contributed by atoms with Gasteiger partial charge in [-0.2, -0.15) is 0 Å². The Hall–Kier alpha value is -3.56. The monoisotopic (exact) mass is 522 g/mol. The van der Waals surface area contributed by atoms with Crippen LogP contribution in [-0.4, -0.2) is 85.8 Å². The summed E-state index contributed by atoms with van der Waals surface area (Å²) in [5, 5.41) is 11.4. The van der Waals surface area contributed by atoms with Crippen LogP contribution in [0.3, 0.4) is 0 Å². The largest absolute Gasteiger partial charge is 0.507 e. The molecule has 0 spiro atoms. The van der Waals surface area contributed by atoms with Crippen LogP contribution in [0.4, 0.5) is 0 Å². The van der Waals surface area contributed by atoms with E-state index in [-0.39, 0.29) is 11.3 Å². The second kappa shape index (κ2) is 11.9. The number of fused-ring (bicyclic) bond motifs is 1. The van der Waals surface area contributed by atoms with E-state index in [1.54, 1.807) is 23.1 Å². The number of morpholine rings is 1. The SMILES string of the molecule is CCCOc1ccc([C@@H]2/C(=C(\O)c3ccc4c(c3)OCCO4)C(=O)C(=O)N2CCCN2CCOCC2)cc1. The first-order valence-electron chi connectivity index (χ1n) is 13.3. The zero-order valence-corrected chi connectivity index (χ0v) is 21.7. The van der Waals surface area contributed by atoms with Gasteiger partial charge in [0.25, 0.3) is 11.7 Å². The lowest BCUT2D eigenvalue weighted by molar-refractivity contribution is -0.140. The van der Waals surface area contributed by atoms with Gasteiger partial charge >= 0.3 is 0 Å². The van der Waals surface area contributed by atoms with Gasteiger partial charge in [-0.05, 0) is 48.7 Å². The highest BCUT2D eigenvalue weighted by molar-refractivity contribution is 6.46. The molecule has 38 heavy (non-hydrogen) atoms. The molecular weight excluding hydrogens is 488 g/mol. The number of likely N-dealkylation sites (tertiary alicyclic amines) is 1. The van der Waals surface area contributed by atoms with Crippen LogP contribution < -0.4 is 14.2 Å². The zero-order chi connectivity index (χ0) is 26.5. The molecule has 1 amide bonds. The van der Waals surface area contributed by atoms with Gasteiger partial charge in [0.1, 0.15) is 24.7 Å². The van der Waals surface area contributed by atoms with Crippen molar-refractivity contribution in [3.8, 4) is 17.2 Å². The number of ether oxygens (including phenoxy) is 4. The number of Topliss-reactive ketones (excluding diaryl/α,β-unsaturated/α-hetero) is 1. The number of carbonyl (C=O) groups excluding carboxylic acids is 2. The van der Waals surface area contributed by atoms with E-state index in [2.05, 4.69) is 4.90 Å². The van der Waals surface area contributed by atoms with Crippen molar-refractivity contribution in [1.29, 1.82) is 0 Å². The van der Waals surface area contributed by atoms with E-state index in [1.165, 1.54) is 0 Å². The molecule has 2 fully saturated rings. The maximum Gasteiger partial charge on any atom is 0.295 e. The standard InChI is InChI=1S/C29H34N2O7/c1-2-14-36-22-7-4-20(5-8-22)26-25(27(32)21-6-9-23-24(19-21)38-18-17-37-23)28(33)29(34)31(26)11-3-10-30-12-15-35-16-13-30/h4-9,19,26,32H,2-3,10-18H2,1H3/b27-25+/t26-/m1/s1. The predicted molar refractivity (Wildman–Crippen MR) is 141 cm³/mol. The summed E-state index contributed by atoms with van der Waals surface area (Å²) < 4.78 is 22.4. The second-order valence-corrected chi connectivity index (χ2v) is 9.58. The smallest absolute Gasteiger partial charge is 0.295 e. The minimum atomic E-state index is -0.715. The predicted octanol–water partition coefficient (Wildman–Crippen LogP) is 3.39. The molecule has 0 aliphatic carbocycles. The molecule has 0 bridgehead atoms. The van der Waals surface area contributed by atoms with Gasteiger partial charge < -0.3 is 29.0 Å². The van der Waals surface area contributed by atoms with Crippen LogP contribution in [0, 0.1) is 0 Å². The summed E-state index contributed by atoms with van der Waals surface area (Å²) in [4.78, 5) is 30.5. The Bertz CT molecular complexity index is 1190. The summed E-state index contributed by atoms with van der Waals surface area (Å²) >= 11 is 0. The third kappa shape index (κ3) is 5.49. The van der Waals surface area contributed by atoms with E-state index < -0.39 is 17.7 Å². The third-order valence-electron chi connectivity index (χ3n) is 7.00. The number of aliphatic hydroxyl groups excluding tert-OH is 1. The lowest BCUT2D eigenvalue weighted by atomic mass is 9.95. The van der Waals surface area contributed by atoms with Crippen molar-refractivity contribution in [2.24, 2.45) is 0 Å². The molecular formula is C29H34N2O7. The Balaban J connectivity index is 1.47. The van der Waals surface area contributed by atoms with Crippen LogP contribution in [0.5, 0.6) is 17.2 Å². The molecule has 1 N–H and O–H groups in total. The van der Waals surface area contributed by atoms with E-state index in [1.807, 2.05) is 31.2 Å². The number of aliphatic hydroxyl groups is 1. The van der Waals surface area contributed by atoms with Crippen molar-refractivity contribution in [1.82, 2.24) is 9.80 Å². The fourth-order valence-corrected chi connectivity index (χ4v) is 5.06. The first-order valence-corrected chi connectivity index (χ1v) is 13.3. The quantitative estimate of drug-likeness (QED) is 0.304. The molecule has 3 aliphatic heterocycles. The van der Waals surface area contributed by atoms with Crippen LogP contribution >= 0.6 is 0 Å². The topological polar surface area (TPSA) is 97.8 Å². The number of nitrogens with zero attached hydrogens (tertiary/aromatic N) is 2. The van der Waals surface area contributed by atoms with Crippen molar-refractivity contribution >= 4 is 17.4 Å². The van der Waals surface area contributed by atoms with E-state index in [4.69, 9.17) is 18.9 Å². The lowest BCUT2D eigenvalue weighted by Gasteiger charge is -2.29. The fraction of sp³-hybridized carbons (Fsp3) is 0.448. The molecule has 9 nitrogen and oxygen atoms in total. The maximum absolute atomic E-state index is 13.4. The van der Waals surface area contributed by atoms with Gasteiger partial charge in [0.15, 0.2) is 11.5 Å². The Kier molecular flexibility index (Phi) is 8.14. The molecule has 5 rings (SSSR count). The van der Waals surface area contributed by atoms with Gasteiger partial charge in [0.2, 0.25) is 0 Å². The molecule has 1 atom stereocenters. The first kappa shape index (κ1) is 26.1. The number of rotatable bonds is 9. The van der Waals surface area contributed by atoms with Crippen LogP contribution in [-0.2, 0) is 14.3 Å². The molecule has 0 saturated carbocycles. The van der Waals surface area contributed by atoms with Gasteiger partial charge in [-0.25, -0.2) is 0 Å². The van der Waals surface area contributed by atoms with Gasteiger partial charge in [-0.15, -0.1) is 0 Å². The maximum atomic E-state index is 13.4. The molecule has 202 valence electrons. The van der Waals surface area contributed by atoms with Crippen LogP contribution in [0.25, 0.3) is 5.76 Å². The number of amides is 1. The van der Waals surface area contributed by atoms with Gasteiger partial charge in [-0.3, -0.25) is 14.5 Å². The zero-order valence-electron chi connectivity index (χ0n) is 21.7. The Morgan fingerprint density at radius 3 is 2.45 bits per heavy atom. The number of benzene rings is 2. The molecule has 3 heterocycles. The third-order valence-corrected chi connectivity index (χ3v) is 7.00. The minimum Gasteiger partial charge on any atom is -0.507 e. The molecule has 0 aromatic heterocycles. The van der Waals surface area contributed by atoms with Crippen LogP contribution in [0.15, 0.2) is 48.0 Å². The number of ketones is 1. The minimum absolute atomic E-state index is 0.0697. The number of hydrogen-bond donors (Lipinski definition) is 1. The molecule has 3 aliphatic rings. The van der Waals surface area contributed by atoms with E-state index in [0.29, 0.717) is 68.8 Å². The average molecular weight is 523 g/mol. The fourth-order valence-electron chi connectivity index (χ4n) is 5.06. The second-order valence-electron chi connectivity index (χ2n) is 9.58. The molecule has 2 saturated heterocycles. The molecule has 2 aromatic carbocycles. The summed E-state index contributed by atoms with van der Waals surface area (Å²) in [6.07, 6.45) is 1.59. The number of carbonyl (C=O) groups is 2. The van der Waals surface area contributed by atoms with Crippen LogP contribution in [0.2, 0.25) is 0 Å². The summed E-state index contributed by atoms with van der Waals surface area (Å²) in [6, 6.07) is 11.7. The van der Waals surface area contributed by atoms with Crippen molar-refractivity contribution in [2.75, 3.05) is 59.2 Å². The van der Waals surface area contributed by atoms with Gasteiger partial charge in [0, 0.05) is 31.7 Å². The van der Waals surface area contributed by atoms with Crippen molar-refractivity contribution in [2.45, 2.75) is 25.8 Å². The van der Waals surface area contributed by atoms with Gasteiger partial charge in [0.05, 0.1) is 31.4 Å². The van der Waals surface area contributed by atoms with Crippen molar-refractivity contribution < 1.29 is 33.6 Å². The van der Waals surface area contributed by atoms with E-state index in [0.717, 1.165) is 31.6 Å². The van der Waals surface area contributed by atoms with E-state index in [9.17, 15) is 14.7 Å². The summed E-state index contributed by atoms with van der Waals surface area (Å²) in [5.74, 6) is 0.256.